The van der Waals surface area contributed by atoms with Crippen LogP contribution in [0.4, 0.5) is 0 Å². The van der Waals surface area contributed by atoms with E-state index in [4.69, 9.17) is 10.00 Å². The molecule has 0 N–H and O–H groups in total. The summed E-state index contributed by atoms with van der Waals surface area (Å²) >= 11 is 1.90. The Morgan fingerprint density at radius 2 is 2.06 bits per heavy atom. The van der Waals surface area contributed by atoms with Gasteiger partial charge in [0.1, 0.15) is 0 Å². The van der Waals surface area contributed by atoms with Crippen LogP contribution in [0.1, 0.15) is 11.1 Å². The molecule has 0 atom stereocenters. The number of nitriles is 1. The average Bonchev–Trinajstić information content (AvgIpc) is 2.45. The first-order valence-electron chi connectivity index (χ1n) is 6.26. The molecule has 0 bridgehead atoms. The summed E-state index contributed by atoms with van der Waals surface area (Å²) in [4.78, 5) is 2.44. The van der Waals surface area contributed by atoms with Crippen molar-refractivity contribution in [2.24, 2.45) is 0 Å². The van der Waals surface area contributed by atoms with E-state index in [1.54, 1.807) is 0 Å². The standard InChI is InChI=1S/C14H18N2OS/c15-11-13-3-1-2-4-14(13)12-18-10-7-16-5-8-17-9-6-16/h1-4H,5-10,12H2. The molecular weight excluding hydrogens is 244 g/mol. The molecular formula is C14H18N2OS. The van der Waals surface area contributed by atoms with Gasteiger partial charge in [0.15, 0.2) is 0 Å². The summed E-state index contributed by atoms with van der Waals surface area (Å²) in [6.45, 7) is 4.94. The highest BCUT2D eigenvalue weighted by molar-refractivity contribution is 7.98. The largest absolute Gasteiger partial charge is 0.379 e. The third-order valence-electron chi connectivity index (χ3n) is 3.05. The Balaban J connectivity index is 1.70. The molecule has 0 unspecified atom stereocenters. The fraction of sp³-hybridized carbons (Fsp3) is 0.500. The summed E-state index contributed by atoms with van der Waals surface area (Å²) in [6, 6.07) is 10.1. The first-order chi connectivity index (χ1) is 8.90. The van der Waals surface area contributed by atoms with Crippen LogP contribution in [-0.2, 0) is 10.5 Å². The molecule has 0 saturated carbocycles. The number of morpholine rings is 1. The van der Waals surface area contributed by atoms with Crippen LogP contribution in [0, 0.1) is 11.3 Å². The lowest BCUT2D eigenvalue weighted by Crippen LogP contribution is -2.37. The molecule has 0 aromatic heterocycles. The number of rotatable bonds is 5. The normalized spacial score (nSPS) is 16.4. The lowest BCUT2D eigenvalue weighted by Gasteiger charge is -2.26. The lowest BCUT2D eigenvalue weighted by atomic mass is 10.1. The summed E-state index contributed by atoms with van der Waals surface area (Å²) in [6.07, 6.45) is 0. The van der Waals surface area contributed by atoms with E-state index in [2.05, 4.69) is 11.0 Å². The SMILES string of the molecule is N#Cc1ccccc1CSCCN1CCOCC1. The highest BCUT2D eigenvalue weighted by atomic mass is 32.2. The quantitative estimate of drug-likeness (QED) is 0.762. The van der Waals surface area contributed by atoms with Gasteiger partial charge in [-0.1, -0.05) is 18.2 Å². The molecule has 18 heavy (non-hydrogen) atoms. The minimum Gasteiger partial charge on any atom is -0.379 e. The van der Waals surface area contributed by atoms with E-state index in [-0.39, 0.29) is 0 Å². The van der Waals surface area contributed by atoms with Crippen molar-refractivity contribution in [3.05, 3.63) is 35.4 Å². The molecule has 0 aliphatic carbocycles. The zero-order valence-electron chi connectivity index (χ0n) is 10.5. The van der Waals surface area contributed by atoms with Crippen LogP contribution in [0.15, 0.2) is 24.3 Å². The maximum atomic E-state index is 9.00. The highest BCUT2D eigenvalue weighted by Gasteiger charge is 2.09. The van der Waals surface area contributed by atoms with Gasteiger partial charge in [0, 0.05) is 31.1 Å². The molecule has 1 heterocycles. The zero-order valence-corrected chi connectivity index (χ0v) is 11.3. The number of hydrogen-bond acceptors (Lipinski definition) is 4. The van der Waals surface area contributed by atoms with E-state index in [9.17, 15) is 0 Å². The van der Waals surface area contributed by atoms with Crippen molar-refractivity contribution in [3.63, 3.8) is 0 Å². The fourth-order valence-corrected chi connectivity index (χ4v) is 2.96. The molecule has 1 aromatic carbocycles. The maximum absolute atomic E-state index is 9.00. The van der Waals surface area contributed by atoms with E-state index in [1.165, 1.54) is 0 Å². The maximum Gasteiger partial charge on any atom is 0.0994 e. The van der Waals surface area contributed by atoms with Crippen LogP contribution in [0.5, 0.6) is 0 Å². The summed E-state index contributed by atoms with van der Waals surface area (Å²) < 4.78 is 5.32. The fourth-order valence-electron chi connectivity index (χ4n) is 1.96. The zero-order chi connectivity index (χ0) is 12.6. The number of ether oxygens (including phenoxy) is 1. The van der Waals surface area contributed by atoms with E-state index in [0.29, 0.717) is 0 Å². The highest BCUT2D eigenvalue weighted by Crippen LogP contribution is 2.16. The van der Waals surface area contributed by atoms with Gasteiger partial charge in [-0.15, -0.1) is 0 Å². The Bertz CT molecular complexity index is 411. The second kappa shape index (κ2) is 7.42. The third kappa shape index (κ3) is 4.02. The summed E-state index contributed by atoms with van der Waals surface area (Å²) in [5.41, 5.74) is 1.95. The van der Waals surface area contributed by atoms with Gasteiger partial charge in [0.05, 0.1) is 24.8 Å². The topological polar surface area (TPSA) is 36.3 Å². The Hall–Kier alpha value is -1.02. The van der Waals surface area contributed by atoms with Crippen molar-refractivity contribution in [1.82, 2.24) is 4.90 Å². The van der Waals surface area contributed by atoms with Gasteiger partial charge in [-0.25, -0.2) is 0 Å². The number of hydrogen-bond donors (Lipinski definition) is 0. The second-order valence-corrected chi connectivity index (χ2v) is 5.38. The summed E-state index contributed by atoms with van der Waals surface area (Å²) in [5.74, 6) is 2.04. The van der Waals surface area contributed by atoms with Gasteiger partial charge in [-0.05, 0) is 11.6 Å². The molecule has 1 aliphatic rings. The molecule has 1 fully saturated rings. The Morgan fingerprint density at radius 3 is 2.83 bits per heavy atom. The smallest absolute Gasteiger partial charge is 0.0994 e. The van der Waals surface area contributed by atoms with Crippen molar-refractivity contribution < 1.29 is 4.74 Å². The Labute approximate surface area is 113 Å². The molecule has 0 amide bonds. The molecule has 96 valence electrons. The monoisotopic (exact) mass is 262 g/mol. The van der Waals surface area contributed by atoms with Gasteiger partial charge in [-0.3, -0.25) is 4.90 Å². The van der Waals surface area contributed by atoms with E-state index in [1.807, 2.05) is 36.0 Å². The van der Waals surface area contributed by atoms with Crippen molar-refractivity contribution in [2.45, 2.75) is 5.75 Å². The minimum absolute atomic E-state index is 0.802. The van der Waals surface area contributed by atoms with E-state index in [0.717, 1.165) is 55.5 Å². The molecule has 0 radical (unpaired) electrons. The van der Waals surface area contributed by atoms with Crippen molar-refractivity contribution in [3.8, 4) is 6.07 Å². The number of thioether (sulfide) groups is 1. The predicted molar refractivity (Wildman–Crippen MR) is 74.6 cm³/mol. The average molecular weight is 262 g/mol. The van der Waals surface area contributed by atoms with E-state index < -0.39 is 0 Å². The summed E-state index contributed by atoms with van der Waals surface area (Å²) in [5, 5.41) is 9.00. The lowest BCUT2D eigenvalue weighted by molar-refractivity contribution is 0.0410. The second-order valence-electron chi connectivity index (χ2n) is 4.28. The molecule has 4 heteroatoms. The molecule has 1 aromatic rings. The van der Waals surface area contributed by atoms with Gasteiger partial charge in [0.25, 0.3) is 0 Å². The van der Waals surface area contributed by atoms with Crippen LogP contribution in [0.25, 0.3) is 0 Å². The van der Waals surface area contributed by atoms with Crippen molar-refractivity contribution >= 4 is 11.8 Å². The predicted octanol–water partition coefficient (Wildman–Crippen LogP) is 2.12. The van der Waals surface area contributed by atoms with Gasteiger partial charge in [-0.2, -0.15) is 17.0 Å². The number of nitrogens with zero attached hydrogens (tertiary/aromatic N) is 2. The summed E-state index contributed by atoms with van der Waals surface area (Å²) in [7, 11) is 0. The van der Waals surface area contributed by atoms with Crippen molar-refractivity contribution in [2.75, 3.05) is 38.6 Å². The van der Waals surface area contributed by atoms with Crippen LogP contribution < -0.4 is 0 Å². The Morgan fingerprint density at radius 1 is 1.28 bits per heavy atom. The molecule has 1 aliphatic heterocycles. The van der Waals surface area contributed by atoms with Gasteiger partial charge in [0.2, 0.25) is 0 Å². The van der Waals surface area contributed by atoms with Gasteiger partial charge < -0.3 is 4.74 Å². The molecule has 3 nitrogen and oxygen atoms in total. The van der Waals surface area contributed by atoms with Crippen LogP contribution >= 0.6 is 11.8 Å². The van der Waals surface area contributed by atoms with Crippen LogP contribution in [-0.4, -0.2) is 43.5 Å². The molecule has 1 saturated heterocycles. The van der Waals surface area contributed by atoms with Crippen LogP contribution in [0.2, 0.25) is 0 Å². The number of benzene rings is 1. The van der Waals surface area contributed by atoms with Gasteiger partial charge >= 0.3 is 0 Å². The Kier molecular flexibility index (Phi) is 5.53. The van der Waals surface area contributed by atoms with Crippen molar-refractivity contribution in [1.29, 1.82) is 5.26 Å². The first-order valence-corrected chi connectivity index (χ1v) is 7.41. The first kappa shape index (κ1) is 13.4. The minimum atomic E-state index is 0.802. The van der Waals surface area contributed by atoms with E-state index >= 15 is 0 Å². The molecule has 2 rings (SSSR count). The molecule has 0 spiro atoms. The van der Waals surface area contributed by atoms with Crippen LogP contribution in [0.3, 0.4) is 0 Å². The third-order valence-corrected chi connectivity index (χ3v) is 4.04.